The molecular weight excluding hydrogens is 344 g/mol. The standard InChI is InChI=1S/C20H28N4OS/c1-15-20-22-16(13-19(25)21-9-8-18-7-4-12-26-18)14-23(20)10-11-24(15)17-5-2-3-6-17/h4,7,12,14-15,17H,2-3,5-6,8-11,13H2,1H3,(H,21,25). The Balaban J connectivity index is 1.33. The second kappa shape index (κ2) is 7.92. The first kappa shape index (κ1) is 17.7. The summed E-state index contributed by atoms with van der Waals surface area (Å²) in [5.41, 5.74) is 0.897. The van der Waals surface area contributed by atoms with Crippen LogP contribution >= 0.6 is 11.3 Å². The highest BCUT2D eigenvalue weighted by Gasteiger charge is 2.32. The molecule has 3 heterocycles. The van der Waals surface area contributed by atoms with Crippen molar-refractivity contribution in [2.45, 2.75) is 64.1 Å². The molecule has 1 aliphatic carbocycles. The Morgan fingerprint density at radius 1 is 1.35 bits per heavy atom. The fourth-order valence-corrected chi connectivity index (χ4v) is 5.10. The highest BCUT2D eigenvalue weighted by molar-refractivity contribution is 7.09. The van der Waals surface area contributed by atoms with Crippen LogP contribution in [0.2, 0.25) is 0 Å². The number of hydrogen-bond acceptors (Lipinski definition) is 4. The molecule has 26 heavy (non-hydrogen) atoms. The highest BCUT2D eigenvalue weighted by atomic mass is 32.1. The molecule has 0 radical (unpaired) electrons. The highest BCUT2D eigenvalue weighted by Crippen LogP contribution is 2.33. The van der Waals surface area contributed by atoms with E-state index in [1.807, 2.05) is 6.07 Å². The van der Waals surface area contributed by atoms with E-state index in [0.29, 0.717) is 19.0 Å². The lowest BCUT2D eigenvalue weighted by Crippen LogP contribution is -2.42. The first-order chi connectivity index (χ1) is 12.7. The quantitative estimate of drug-likeness (QED) is 0.847. The fraction of sp³-hybridized carbons (Fsp3) is 0.600. The number of nitrogens with one attached hydrogen (secondary N) is 1. The molecule has 1 unspecified atom stereocenters. The van der Waals surface area contributed by atoms with Crippen molar-refractivity contribution >= 4 is 17.2 Å². The molecule has 0 spiro atoms. The van der Waals surface area contributed by atoms with Crippen LogP contribution in [-0.2, 0) is 24.2 Å². The zero-order valence-corrected chi connectivity index (χ0v) is 16.3. The monoisotopic (exact) mass is 372 g/mol. The average molecular weight is 373 g/mol. The molecule has 1 aliphatic heterocycles. The van der Waals surface area contributed by atoms with Gasteiger partial charge in [0.15, 0.2) is 0 Å². The van der Waals surface area contributed by atoms with E-state index in [2.05, 4.69) is 39.4 Å². The van der Waals surface area contributed by atoms with Gasteiger partial charge in [0, 0.05) is 36.8 Å². The smallest absolute Gasteiger partial charge is 0.226 e. The topological polar surface area (TPSA) is 50.2 Å². The molecule has 0 saturated heterocycles. The molecule has 1 atom stereocenters. The molecule has 5 nitrogen and oxygen atoms in total. The van der Waals surface area contributed by atoms with E-state index < -0.39 is 0 Å². The summed E-state index contributed by atoms with van der Waals surface area (Å²) in [7, 11) is 0. The lowest BCUT2D eigenvalue weighted by molar-refractivity contribution is -0.120. The van der Waals surface area contributed by atoms with E-state index in [-0.39, 0.29) is 5.91 Å². The summed E-state index contributed by atoms with van der Waals surface area (Å²) in [6.07, 6.45) is 8.72. The van der Waals surface area contributed by atoms with Crippen LogP contribution < -0.4 is 5.32 Å². The predicted molar refractivity (Wildman–Crippen MR) is 104 cm³/mol. The first-order valence-corrected chi connectivity index (χ1v) is 10.7. The number of amides is 1. The average Bonchev–Trinajstić information content (AvgIpc) is 3.36. The third-order valence-corrected chi connectivity index (χ3v) is 6.67. The van der Waals surface area contributed by atoms with Crippen LogP contribution in [0, 0.1) is 0 Å². The maximum absolute atomic E-state index is 12.2. The van der Waals surface area contributed by atoms with Gasteiger partial charge < -0.3 is 9.88 Å². The molecule has 1 saturated carbocycles. The predicted octanol–water partition coefficient (Wildman–Crippen LogP) is 3.17. The summed E-state index contributed by atoms with van der Waals surface area (Å²) in [4.78, 5) is 21.0. The second-order valence-corrected chi connectivity index (χ2v) is 8.52. The van der Waals surface area contributed by atoms with Gasteiger partial charge in [-0.05, 0) is 37.6 Å². The zero-order chi connectivity index (χ0) is 17.9. The normalized spacial score (nSPS) is 21.0. The maximum atomic E-state index is 12.2. The third-order valence-electron chi connectivity index (χ3n) is 5.74. The lowest BCUT2D eigenvalue weighted by Gasteiger charge is -2.38. The van der Waals surface area contributed by atoms with Crippen molar-refractivity contribution in [2.75, 3.05) is 13.1 Å². The molecule has 2 aromatic rings. The van der Waals surface area contributed by atoms with E-state index in [9.17, 15) is 4.79 Å². The van der Waals surface area contributed by atoms with Crippen molar-refractivity contribution < 1.29 is 4.79 Å². The maximum Gasteiger partial charge on any atom is 0.226 e. The van der Waals surface area contributed by atoms with Gasteiger partial charge >= 0.3 is 0 Å². The van der Waals surface area contributed by atoms with Gasteiger partial charge in [-0.2, -0.15) is 0 Å². The zero-order valence-electron chi connectivity index (χ0n) is 15.5. The van der Waals surface area contributed by atoms with Gasteiger partial charge in [0.05, 0.1) is 18.2 Å². The van der Waals surface area contributed by atoms with Crippen molar-refractivity contribution in [3.05, 3.63) is 40.1 Å². The molecule has 1 amide bonds. The summed E-state index contributed by atoms with van der Waals surface area (Å²) in [6, 6.07) is 5.23. The van der Waals surface area contributed by atoms with E-state index in [1.54, 1.807) is 11.3 Å². The van der Waals surface area contributed by atoms with Gasteiger partial charge in [-0.1, -0.05) is 18.9 Å². The van der Waals surface area contributed by atoms with Crippen molar-refractivity contribution in [2.24, 2.45) is 0 Å². The minimum absolute atomic E-state index is 0.0669. The van der Waals surface area contributed by atoms with Crippen LogP contribution in [0.1, 0.15) is 55.0 Å². The Bertz CT molecular complexity index is 733. The Hall–Kier alpha value is -1.66. The molecular formula is C20H28N4OS. The number of carbonyl (C=O) groups excluding carboxylic acids is 1. The van der Waals surface area contributed by atoms with Crippen LogP contribution in [0.15, 0.2) is 23.7 Å². The largest absolute Gasteiger partial charge is 0.355 e. The minimum atomic E-state index is 0.0669. The van der Waals surface area contributed by atoms with Gasteiger partial charge in [-0.25, -0.2) is 4.98 Å². The molecule has 1 N–H and O–H groups in total. The second-order valence-electron chi connectivity index (χ2n) is 7.49. The first-order valence-electron chi connectivity index (χ1n) is 9.81. The number of aromatic nitrogens is 2. The Morgan fingerprint density at radius 3 is 2.96 bits per heavy atom. The Labute approximate surface area is 159 Å². The molecule has 1 fully saturated rings. The Kier molecular flexibility index (Phi) is 5.41. The van der Waals surface area contributed by atoms with E-state index in [4.69, 9.17) is 4.98 Å². The van der Waals surface area contributed by atoms with Crippen LogP contribution in [0.4, 0.5) is 0 Å². The molecule has 0 bridgehead atoms. The molecule has 6 heteroatoms. The molecule has 2 aliphatic rings. The summed E-state index contributed by atoms with van der Waals surface area (Å²) >= 11 is 1.74. The fourth-order valence-electron chi connectivity index (χ4n) is 4.39. The van der Waals surface area contributed by atoms with E-state index in [0.717, 1.165) is 37.1 Å². The minimum Gasteiger partial charge on any atom is -0.355 e. The Morgan fingerprint density at radius 2 is 2.19 bits per heavy atom. The number of thiophene rings is 1. The number of fused-ring (bicyclic) bond motifs is 1. The lowest BCUT2D eigenvalue weighted by atomic mass is 10.1. The molecule has 140 valence electrons. The van der Waals surface area contributed by atoms with Gasteiger partial charge in [0.25, 0.3) is 0 Å². The van der Waals surface area contributed by atoms with Crippen molar-refractivity contribution in [3.8, 4) is 0 Å². The number of carbonyl (C=O) groups is 1. The van der Waals surface area contributed by atoms with Crippen LogP contribution in [-0.4, -0.2) is 39.5 Å². The molecule has 0 aromatic carbocycles. The number of hydrogen-bond donors (Lipinski definition) is 1. The molecule has 4 rings (SSSR count). The van der Waals surface area contributed by atoms with Gasteiger partial charge in [-0.15, -0.1) is 11.3 Å². The van der Waals surface area contributed by atoms with Gasteiger partial charge in [0.1, 0.15) is 5.82 Å². The number of rotatable bonds is 6. The van der Waals surface area contributed by atoms with Crippen LogP contribution in [0.25, 0.3) is 0 Å². The summed E-state index contributed by atoms with van der Waals surface area (Å²) < 4.78 is 2.25. The van der Waals surface area contributed by atoms with Crippen molar-refractivity contribution in [1.29, 1.82) is 0 Å². The van der Waals surface area contributed by atoms with E-state index in [1.165, 1.54) is 30.6 Å². The van der Waals surface area contributed by atoms with Gasteiger partial charge in [0.2, 0.25) is 5.91 Å². The number of imidazole rings is 1. The third kappa shape index (κ3) is 3.86. The molecule has 2 aromatic heterocycles. The number of nitrogens with zero attached hydrogens (tertiary/aromatic N) is 3. The SMILES string of the molecule is CC1c2nc(CC(=O)NCCc3cccs3)cn2CCN1C1CCCC1. The summed E-state index contributed by atoms with van der Waals surface area (Å²) in [6.45, 7) is 5.05. The summed E-state index contributed by atoms with van der Waals surface area (Å²) in [5.74, 6) is 1.20. The van der Waals surface area contributed by atoms with Crippen LogP contribution in [0.5, 0.6) is 0 Å². The summed E-state index contributed by atoms with van der Waals surface area (Å²) in [5, 5.41) is 5.09. The van der Waals surface area contributed by atoms with Crippen molar-refractivity contribution in [1.82, 2.24) is 19.8 Å². The van der Waals surface area contributed by atoms with Gasteiger partial charge in [-0.3, -0.25) is 9.69 Å². The van der Waals surface area contributed by atoms with E-state index >= 15 is 0 Å². The van der Waals surface area contributed by atoms with Crippen LogP contribution in [0.3, 0.4) is 0 Å². The van der Waals surface area contributed by atoms with Crippen molar-refractivity contribution in [3.63, 3.8) is 0 Å².